The van der Waals surface area contributed by atoms with Gasteiger partial charge in [0.15, 0.2) is 0 Å². The molecular formula is C15H18Cl2N2O. The van der Waals surface area contributed by atoms with Crippen molar-refractivity contribution in [2.75, 3.05) is 5.32 Å². The summed E-state index contributed by atoms with van der Waals surface area (Å²) in [5.41, 5.74) is 0.575. The Bertz CT molecular complexity index is 476. The van der Waals surface area contributed by atoms with Gasteiger partial charge in [-0.05, 0) is 37.0 Å². The Morgan fingerprint density at radius 3 is 2.40 bits per heavy atom. The molecule has 5 heteroatoms. The van der Waals surface area contributed by atoms with Crippen LogP contribution in [-0.2, 0) is 0 Å². The number of hydrogen-bond donors (Lipinski definition) is 2. The van der Waals surface area contributed by atoms with Crippen molar-refractivity contribution in [1.29, 1.82) is 0 Å². The van der Waals surface area contributed by atoms with Gasteiger partial charge in [-0.25, -0.2) is 4.79 Å². The predicted octanol–water partition coefficient (Wildman–Crippen LogP) is 5.21. The van der Waals surface area contributed by atoms with Gasteiger partial charge in [-0.1, -0.05) is 48.5 Å². The minimum Gasteiger partial charge on any atom is -0.315 e. The molecule has 0 heterocycles. The van der Waals surface area contributed by atoms with Crippen molar-refractivity contribution in [3.05, 3.63) is 40.5 Å². The smallest absolute Gasteiger partial charge is 0.315 e. The number of nitrogens with one attached hydrogen (secondary N) is 2. The number of carbonyl (C=O) groups is 1. The van der Waals surface area contributed by atoms with Gasteiger partial charge in [-0.2, -0.15) is 0 Å². The number of anilines is 1. The van der Waals surface area contributed by atoms with Crippen LogP contribution >= 0.6 is 23.2 Å². The first-order chi connectivity index (χ1) is 9.63. The number of allylic oxidation sites excluding steroid dienone is 1. The van der Waals surface area contributed by atoms with E-state index in [1.807, 2.05) is 0 Å². The fourth-order valence-electron chi connectivity index (χ4n) is 2.38. The van der Waals surface area contributed by atoms with Crippen LogP contribution in [0.15, 0.2) is 30.5 Å². The molecule has 0 aromatic heterocycles. The first-order valence-corrected chi connectivity index (χ1v) is 7.59. The van der Waals surface area contributed by atoms with E-state index >= 15 is 0 Å². The summed E-state index contributed by atoms with van der Waals surface area (Å²) >= 11 is 11.7. The fourth-order valence-corrected chi connectivity index (χ4v) is 2.91. The van der Waals surface area contributed by atoms with Gasteiger partial charge in [0, 0.05) is 21.9 Å². The molecule has 1 aliphatic rings. The third kappa shape index (κ3) is 5.06. The molecular weight excluding hydrogens is 295 g/mol. The Balaban J connectivity index is 1.81. The lowest BCUT2D eigenvalue weighted by Gasteiger charge is -2.17. The van der Waals surface area contributed by atoms with E-state index in [2.05, 4.69) is 16.7 Å². The van der Waals surface area contributed by atoms with E-state index in [0.29, 0.717) is 21.7 Å². The molecule has 2 N–H and O–H groups in total. The first kappa shape index (κ1) is 15.2. The third-order valence-electron chi connectivity index (χ3n) is 3.35. The van der Waals surface area contributed by atoms with Crippen molar-refractivity contribution in [2.45, 2.75) is 32.1 Å². The Hall–Kier alpha value is -1.19. The molecule has 1 aromatic rings. The molecule has 3 nitrogen and oxygen atoms in total. The molecule has 20 heavy (non-hydrogen) atoms. The minimum absolute atomic E-state index is 0.296. The van der Waals surface area contributed by atoms with Gasteiger partial charge in [0.25, 0.3) is 0 Å². The monoisotopic (exact) mass is 312 g/mol. The molecule has 2 amide bonds. The summed E-state index contributed by atoms with van der Waals surface area (Å²) in [6.07, 6.45) is 10.1. The molecule has 0 spiro atoms. The highest BCUT2D eigenvalue weighted by atomic mass is 35.5. The third-order valence-corrected chi connectivity index (χ3v) is 3.79. The van der Waals surface area contributed by atoms with Crippen molar-refractivity contribution in [3.8, 4) is 0 Å². The normalized spacial score (nSPS) is 16.3. The molecule has 0 unspecified atom stereocenters. The highest BCUT2D eigenvalue weighted by molar-refractivity contribution is 6.35. The lowest BCUT2D eigenvalue weighted by molar-refractivity contribution is 0.255. The van der Waals surface area contributed by atoms with Gasteiger partial charge in [0.2, 0.25) is 0 Å². The molecule has 0 radical (unpaired) electrons. The highest BCUT2D eigenvalue weighted by Gasteiger charge is 2.09. The standard InChI is InChI=1S/C15H18Cl2N2O/c16-12-8-13(17)10-14(9-12)19-15(20)18-7-6-11-4-2-1-3-5-11/h6-11H,1-5H2,(H2,18,19,20)/b7-6+. The first-order valence-electron chi connectivity index (χ1n) is 6.84. The van der Waals surface area contributed by atoms with E-state index < -0.39 is 0 Å². The van der Waals surface area contributed by atoms with Gasteiger partial charge in [-0.3, -0.25) is 0 Å². The number of halogens is 2. The summed E-state index contributed by atoms with van der Waals surface area (Å²) < 4.78 is 0. The van der Waals surface area contributed by atoms with E-state index in [4.69, 9.17) is 23.2 Å². The van der Waals surface area contributed by atoms with Crippen LogP contribution in [0.1, 0.15) is 32.1 Å². The summed E-state index contributed by atoms with van der Waals surface area (Å²) in [4.78, 5) is 11.7. The quantitative estimate of drug-likeness (QED) is 0.790. The summed E-state index contributed by atoms with van der Waals surface area (Å²) in [7, 11) is 0. The van der Waals surface area contributed by atoms with Gasteiger partial charge in [-0.15, -0.1) is 0 Å². The maximum atomic E-state index is 11.7. The molecule has 0 bridgehead atoms. The topological polar surface area (TPSA) is 41.1 Å². The van der Waals surface area contributed by atoms with Gasteiger partial charge < -0.3 is 10.6 Å². The molecule has 0 aliphatic heterocycles. The summed E-state index contributed by atoms with van der Waals surface area (Å²) in [5, 5.41) is 6.37. The second-order valence-corrected chi connectivity index (χ2v) is 5.89. The van der Waals surface area contributed by atoms with Gasteiger partial charge in [0.05, 0.1) is 0 Å². The van der Waals surface area contributed by atoms with Crippen molar-refractivity contribution in [2.24, 2.45) is 5.92 Å². The average Bonchev–Trinajstić information content (AvgIpc) is 2.38. The number of carbonyl (C=O) groups excluding carboxylic acids is 1. The van der Waals surface area contributed by atoms with Crippen molar-refractivity contribution >= 4 is 34.9 Å². The second kappa shape index (κ2) is 7.55. The summed E-state index contributed by atoms with van der Waals surface area (Å²) in [6, 6.07) is 4.63. The number of benzene rings is 1. The van der Waals surface area contributed by atoms with Crippen LogP contribution in [0.4, 0.5) is 10.5 Å². The van der Waals surface area contributed by atoms with Crippen molar-refractivity contribution in [1.82, 2.24) is 5.32 Å². The Morgan fingerprint density at radius 2 is 1.75 bits per heavy atom. The molecule has 1 saturated carbocycles. The largest absolute Gasteiger partial charge is 0.323 e. The Labute approximate surface area is 129 Å². The van der Waals surface area contributed by atoms with E-state index in [1.165, 1.54) is 32.1 Å². The SMILES string of the molecule is O=C(N/C=C/C1CCCCC1)Nc1cc(Cl)cc(Cl)c1. The van der Waals surface area contributed by atoms with Crippen LogP contribution in [0.25, 0.3) is 0 Å². The van der Waals surface area contributed by atoms with Crippen LogP contribution in [0, 0.1) is 5.92 Å². The van der Waals surface area contributed by atoms with E-state index in [1.54, 1.807) is 24.4 Å². The van der Waals surface area contributed by atoms with Crippen LogP contribution in [-0.4, -0.2) is 6.03 Å². The van der Waals surface area contributed by atoms with Crippen LogP contribution in [0.3, 0.4) is 0 Å². The summed E-state index contributed by atoms with van der Waals surface area (Å²) in [5.74, 6) is 0.588. The fraction of sp³-hybridized carbons (Fsp3) is 0.400. The molecule has 0 saturated heterocycles. The lowest BCUT2D eigenvalue weighted by atomic mass is 9.89. The number of amides is 2. The zero-order chi connectivity index (χ0) is 14.4. The Morgan fingerprint density at radius 1 is 1.10 bits per heavy atom. The summed E-state index contributed by atoms with van der Waals surface area (Å²) in [6.45, 7) is 0. The zero-order valence-corrected chi connectivity index (χ0v) is 12.7. The molecule has 1 fully saturated rings. The van der Waals surface area contributed by atoms with E-state index in [-0.39, 0.29) is 6.03 Å². The number of urea groups is 1. The van der Waals surface area contributed by atoms with Crippen LogP contribution in [0.2, 0.25) is 10.0 Å². The minimum atomic E-state index is -0.296. The van der Waals surface area contributed by atoms with E-state index in [0.717, 1.165) is 0 Å². The van der Waals surface area contributed by atoms with Crippen LogP contribution < -0.4 is 10.6 Å². The molecule has 0 atom stereocenters. The van der Waals surface area contributed by atoms with Gasteiger partial charge >= 0.3 is 6.03 Å². The molecule has 1 aliphatic carbocycles. The predicted molar refractivity (Wildman–Crippen MR) is 84.3 cm³/mol. The van der Waals surface area contributed by atoms with Gasteiger partial charge in [0.1, 0.15) is 0 Å². The Kier molecular flexibility index (Phi) is 5.74. The van der Waals surface area contributed by atoms with Crippen molar-refractivity contribution < 1.29 is 4.79 Å². The van der Waals surface area contributed by atoms with E-state index in [9.17, 15) is 4.79 Å². The lowest BCUT2D eigenvalue weighted by Crippen LogP contribution is -2.24. The molecule has 108 valence electrons. The molecule has 2 rings (SSSR count). The second-order valence-electron chi connectivity index (χ2n) is 5.01. The van der Waals surface area contributed by atoms with Crippen molar-refractivity contribution in [3.63, 3.8) is 0 Å². The highest BCUT2D eigenvalue weighted by Crippen LogP contribution is 2.24. The maximum absolute atomic E-state index is 11.7. The average molecular weight is 313 g/mol. The van der Waals surface area contributed by atoms with Crippen LogP contribution in [0.5, 0.6) is 0 Å². The number of rotatable bonds is 3. The molecule has 1 aromatic carbocycles. The zero-order valence-electron chi connectivity index (χ0n) is 11.2. The maximum Gasteiger partial charge on any atom is 0.323 e. The number of hydrogen-bond acceptors (Lipinski definition) is 1.